The van der Waals surface area contributed by atoms with Crippen molar-refractivity contribution < 1.29 is 19.2 Å². The average molecular weight is 290 g/mol. The van der Waals surface area contributed by atoms with Gasteiger partial charge in [-0.15, -0.1) is 0 Å². The second kappa shape index (κ2) is 5.66. The monoisotopic (exact) mass is 290 g/mol. The number of nitro groups is 1. The lowest BCUT2D eigenvalue weighted by molar-refractivity contribution is -0.384. The zero-order chi connectivity index (χ0) is 15.6. The zero-order valence-electron chi connectivity index (χ0n) is 11.6. The van der Waals surface area contributed by atoms with Gasteiger partial charge in [0.05, 0.1) is 11.2 Å². The molecular formula is C14H14N2O5. The highest BCUT2D eigenvalue weighted by Crippen LogP contribution is 2.32. The molecule has 1 heterocycles. The molecular weight excluding hydrogens is 276 g/mol. The third-order valence-electron chi connectivity index (χ3n) is 3.21. The van der Waals surface area contributed by atoms with Crippen molar-refractivity contribution in [1.29, 1.82) is 0 Å². The van der Waals surface area contributed by atoms with Crippen LogP contribution < -0.4 is 4.90 Å². The SMILES string of the molecule is Cc1occc1CN(C)c1cccc(C(=O)O)c1[N+](=O)[O-]. The molecule has 0 amide bonds. The Balaban J connectivity index is 2.43. The number of anilines is 1. The first-order valence-electron chi connectivity index (χ1n) is 6.16. The molecule has 2 aromatic rings. The van der Waals surface area contributed by atoms with Gasteiger partial charge in [-0.1, -0.05) is 6.07 Å². The molecule has 110 valence electrons. The number of nitro benzene ring substituents is 1. The van der Waals surface area contributed by atoms with Crippen molar-refractivity contribution in [2.24, 2.45) is 0 Å². The third-order valence-corrected chi connectivity index (χ3v) is 3.21. The van der Waals surface area contributed by atoms with Gasteiger partial charge in [-0.25, -0.2) is 4.79 Å². The Bertz CT molecular complexity index is 692. The summed E-state index contributed by atoms with van der Waals surface area (Å²) in [7, 11) is 1.67. The molecule has 0 fully saturated rings. The predicted molar refractivity (Wildman–Crippen MR) is 75.6 cm³/mol. The minimum atomic E-state index is -1.32. The number of aromatic carboxylic acids is 1. The number of carboxylic acid groups (broad SMARTS) is 1. The number of furan rings is 1. The number of aryl methyl sites for hydroxylation is 1. The van der Waals surface area contributed by atoms with Gasteiger partial charge in [-0.2, -0.15) is 0 Å². The highest BCUT2D eigenvalue weighted by molar-refractivity contribution is 5.95. The quantitative estimate of drug-likeness (QED) is 0.671. The Hall–Kier alpha value is -2.83. The molecule has 0 saturated carbocycles. The summed E-state index contributed by atoms with van der Waals surface area (Å²) in [6, 6.07) is 6.02. The van der Waals surface area contributed by atoms with E-state index in [2.05, 4.69) is 0 Å². The van der Waals surface area contributed by atoms with Crippen LogP contribution in [0.3, 0.4) is 0 Å². The van der Waals surface area contributed by atoms with E-state index in [9.17, 15) is 14.9 Å². The molecule has 0 bridgehead atoms. The number of hydrogen-bond acceptors (Lipinski definition) is 5. The van der Waals surface area contributed by atoms with Crippen LogP contribution in [0.2, 0.25) is 0 Å². The first-order valence-corrected chi connectivity index (χ1v) is 6.16. The van der Waals surface area contributed by atoms with Crippen molar-refractivity contribution in [2.75, 3.05) is 11.9 Å². The minimum absolute atomic E-state index is 0.250. The van der Waals surface area contributed by atoms with Gasteiger partial charge in [0.15, 0.2) is 0 Å². The molecule has 0 atom stereocenters. The van der Waals surface area contributed by atoms with Crippen molar-refractivity contribution in [3.05, 3.63) is 57.5 Å². The lowest BCUT2D eigenvalue weighted by atomic mass is 10.1. The lowest BCUT2D eigenvalue weighted by Gasteiger charge is -2.19. The molecule has 7 nitrogen and oxygen atoms in total. The van der Waals surface area contributed by atoms with Crippen LogP contribution in [-0.4, -0.2) is 23.0 Å². The summed E-state index contributed by atoms with van der Waals surface area (Å²) >= 11 is 0. The van der Waals surface area contributed by atoms with Crippen molar-refractivity contribution in [3.63, 3.8) is 0 Å². The van der Waals surface area contributed by atoms with Crippen molar-refractivity contribution in [2.45, 2.75) is 13.5 Å². The third kappa shape index (κ3) is 2.86. The fourth-order valence-electron chi connectivity index (χ4n) is 2.12. The van der Waals surface area contributed by atoms with Gasteiger partial charge in [0.1, 0.15) is 17.0 Å². The first kappa shape index (κ1) is 14.6. The van der Waals surface area contributed by atoms with E-state index >= 15 is 0 Å². The fourth-order valence-corrected chi connectivity index (χ4v) is 2.12. The van der Waals surface area contributed by atoms with E-state index in [4.69, 9.17) is 9.52 Å². The number of hydrogen-bond donors (Lipinski definition) is 1. The Kier molecular flexibility index (Phi) is 3.93. The van der Waals surface area contributed by atoms with E-state index in [1.165, 1.54) is 18.2 Å². The maximum Gasteiger partial charge on any atom is 0.342 e. The van der Waals surface area contributed by atoms with Crippen LogP contribution in [0.25, 0.3) is 0 Å². The summed E-state index contributed by atoms with van der Waals surface area (Å²) in [6.07, 6.45) is 1.54. The molecule has 0 spiro atoms. The Labute approximate surface area is 120 Å². The molecule has 7 heteroatoms. The van der Waals surface area contributed by atoms with E-state index in [1.807, 2.05) is 0 Å². The molecule has 1 aromatic heterocycles. The highest BCUT2D eigenvalue weighted by Gasteiger charge is 2.26. The van der Waals surface area contributed by atoms with E-state index in [1.54, 1.807) is 31.2 Å². The Morgan fingerprint density at radius 3 is 2.67 bits per heavy atom. The second-order valence-electron chi connectivity index (χ2n) is 4.59. The van der Waals surface area contributed by atoms with Crippen LogP contribution in [0.5, 0.6) is 0 Å². The van der Waals surface area contributed by atoms with Crippen LogP contribution in [0.1, 0.15) is 21.7 Å². The molecule has 0 unspecified atom stereocenters. The number of carbonyl (C=O) groups is 1. The molecule has 0 aliphatic carbocycles. The van der Waals surface area contributed by atoms with Crippen LogP contribution >= 0.6 is 0 Å². The number of benzene rings is 1. The van der Waals surface area contributed by atoms with Crippen LogP contribution in [0, 0.1) is 17.0 Å². The summed E-state index contributed by atoms with van der Waals surface area (Å²) in [4.78, 5) is 23.3. The summed E-state index contributed by atoms with van der Waals surface area (Å²) in [6.45, 7) is 2.18. The lowest BCUT2D eigenvalue weighted by Crippen LogP contribution is -2.19. The first-order chi connectivity index (χ1) is 9.91. The van der Waals surface area contributed by atoms with Gasteiger partial charge in [-0.3, -0.25) is 10.1 Å². The molecule has 0 aliphatic rings. The molecule has 1 aromatic carbocycles. The number of nitrogens with zero attached hydrogens (tertiary/aromatic N) is 2. The molecule has 1 N–H and O–H groups in total. The molecule has 0 aliphatic heterocycles. The Morgan fingerprint density at radius 2 is 2.14 bits per heavy atom. The largest absolute Gasteiger partial charge is 0.477 e. The van der Waals surface area contributed by atoms with Crippen molar-refractivity contribution in [1.82, 2.24) is 0 Å². The molecule has 0 saturated heterocycles. The highest BCUT2D eigenvalue weighted by atomic mass is 16.6. The van der Waals surface area contributed by atoms with Gasteiger partial charge in [0.25, 0.3) is 0 Å². The standard InChI is InChI=1S/C14H14N2O5/c1-9-10(6-7-21-9)8-15(2)12-5-3-4-11(14(17)18)13(12)16(19)20/h3-7H,8H2,1-2H3,(H,17,18). The fraction of sp³-hybridized carbons (Fsp3) is 0.214. The maximum atomic E-state index is 11.2. The molecule has 0 radical (unpaired) electrons. The van der Waals surface area contributed by atoms with E-state index in [-0.39, 0.29) is 11.3 Å². The van der Waals surface area contributed by atoms with Crippen LogP contribution in [0.4, 0.5) is 11.4 Å². The summed E-state index contributed by atoms with van der Waals surface area (Å²) < 4.78 is 5.19. The van der Waals surface area contributed by atoms with E-state index < -0.39 is 16.6 Å². The van der Waals surface area contributed by atoms with Crippen LogP contribution in [0.15, 0.2) is 34.9 Å². The minimum Gasteiger partial charge on any atom is -0.477 e. The van der Waals surface area contributed by atoms with Gasteiger partial charge in [0.2, 0.25) is 0 Å². The zero-order valence-corrected chi connectivity index (χ0v) is 11.6. The van der Waals surface area contributed by atoms with Crippen molar-refractivity contribution in [3.8, 4) is 0 Å². The summed E-state index contributed by atoms with van der Waals surface area (Å²) in [5, 5.41) is 20.3. The van der Waals surface area contributed by atoms with Gasteiger partial charge in [-0.05, 0) is 25.1 Å². The van der Waals surface area contributed by atoms with Crippen molar-refractivity contribution >= 4 is 17.3 Å². The van der Waals surface area contributed by atoms with Gasteiger partial charge < -0.3 is 14.4 Å². The number of para-hydroxylation sites is 1. The maximum absolute atomic E-state index is 11.2. The average Bonchev–Trinajstić information content (AvgIpc) is 2.83. The molecule has 2 rings (SSSR count). The predicted octanol–water partition coefficient (Wildman–Crippen LogP) is 2.83. The van der Waals surface area contributed by atoms with Crippen LogP contribution in [-0.2, 0) is 6.54 Å². The Morgan fingerprint density at radius 1 is 1.43 bits per heavy atom. The topological polar surface area (TPSA) is 96.8 Å². The number of rotatable bonds is 5. The van der Waals surface area contributed by atoms with E-state index in [0.29, 0.717) is 6.54 Å². The number of carboxylic acids is 1. The van der Waals surface area contributed by atoms with Gasteiger partial charge >= 0.3 is 11.7 Å². The van der Waals surface area contributed by atoms with E-state index in [0.717, 1.165) is 11.3 Å². The second-order valence-corrected chi connectivity index (χ2v) is 4.59. The summed E-state index contributed by atoms with van der Waals surface area (Å²) in [5.41, 5.74) is 0.398. The normalized spacial score (nSPS) is 10.4. The summed E-state index contributed by atoms with van der Waals surface area (Å²) in [5.74, 6) is -0.602. The smallest absolute Gasteiger partial charge is 0.342 e. The molecule has 21 heavy (non-hydrogen) atoms. The van der Waals surface area contributed by atoms with Gasteiger partial charge in [0, 0.05) is 19.2 Å².